The van der Waals surface area contributed by atoms with Crippen LogP contribution in [0.25, 0.3) is 0 Å². The second kappa shape index (κ2) is 36.2. The number of phosphoric ester groups is 1. The van der Waals surface area contributed by atoms with Gasteiger partial charge in [0.2, 0.25) is 5.91 Å². The summed E-state index contributed by atoms with van der Waals surface area (Å²) in [4.78, 5) is 25.3. The molecule has 312 valence electrons. The summed E-state index contributed by atoms with van der Waals surface area (Å²) in [5, 5.41) is 13.9. The van der Waals surface area contributed by atoms with E-state index in [1.807, 2.05) is 21.1 Å². The molecule has 9 heteroatoms. The van der Waals surface area contributed by atoms with Gasteiger partial charge in [-0.1, -0.05) is 200 Å². The summed E-state index contributed by atoms with van der Waals surface area (Å²) in [5.74, 6) is -0.162. The summed E-state index contributed by atoms with van der Waals surface area (Å²) in [6.07, 6.45) is 38.1. The maximum absolute atomic E-state index is 12.8. The molecule has 0 bridgehead atoms. The molecule has 0 saturated heterocycles. The Morgan fingerprint density at radius 3 is 1.31 bits per heavy atom. The molecule has 0 aromatic heterocycles. The molecule has 0 rings (SSSR count). The van der Waals surface area contributed by atoms with E-state index in [2.05, 4.69) is 19.2 Å². The third kappa shape index (κ3) is 37.8. The average Bonchev–Trinajstić information content (AvgIpc) is 3.09. The second-order valence-corrected chi connectivity index (χ2v) is 18.2. The van der Waals surface area contributed by atoms with Gasteiger partial charge in [-0.05, 0) is 12.8 Å². The van der Waals surface area contributed by atoms with Gasteiger partial charge in [0.25, 0.3) is 7.82 Å². The Labute approximate surface area is 323 Å². The first kappa shape index (κ1) is 51.5. The van der Waals surface area contributed by atoms with Crippen molar-refractivity contribution in [2.45, 2.75) is 231 Å². The fourth-order valence-corrected chi connectivity index (χ4v) is 7.47. The zero-order valence-corrected chi connectivity index (χ0v) is 36.2. The Hall–Kier alpha value is -0.500. The lowest BCUT2D eigenvalue weighted by atomic mass is 10.0. The minimum absolute atomic E-state index is 0.0160. The van der Waals surface area contributed by atoms with Crippen molar-refractivity contribution in [1.82, 2.24) is 5.32 Å². The molecule has 52 heavy (non-hydrogen) atoms. The zero-order valence-electron chi connectivity index (χ0n) is 35.3. The molecule has 0 aromatic rings. The van der Waals surface area contributed by atoms with Crippen molar-refractivity contribution < 1.29 is 32.9 Å². The van der Waals surface area contributed by atoms with E-state index in [-0.39, 0.29) is 19.1 Å². The summed E-state index contributed by atoms with van der Waals surface area (Å²) >= 11 is 0. The molecular formula is C43H89N2O6P. The summed E-state index contributed by atoms with van der Waals surface area (Å²) in [6, 6.07) is -0.792. The second-order valence-electron chi connectivity index (χ2n) is 16.8. The summed E-state index contributed by atoms with van der Waals surface area (Å²) in [6.45, 7) is 4.74. The van der Waals surface area contributed by atoms with Crippen LogP contribution in [-0.2, 0) is 18.4 Å². The number of quaternary nitrogens is 1. The molecule has 0 radical (unpaired) electrons. The van der Waals surface area contributed by atoms with E-state index in [1.54, 1.807) is 0 Å². The quantitative estimate of drug-likeness (QED) is 0.0365. The number of phosphoric acid groups is 1. The molecule has 3 atom stereocenters. The number of amides is 1. The summed E-state index contributed by atoms with van der Waals surface area (Å²) < 4.78 is 23.3. The molecule has 0 aromatic carbocycles. The molecular weight excluding hydrogens is 671 g/mol. The minimum atomic E-state index is -4.55. The number of likely N-dealkylation sites (N-methyl/N-ethyl adjacent to an activating group) is 1. The molecule has 1 unspecified atom stereocenters. The zero-order chi connectivity index (χ0) is 38.6. The van der Waals surface area contributed by atoms with E-state index >= 15 is 0 Å². The first-order valence-corrected chi connectivity index (χ1v) is 23.8. The first-order valence-electron chi connectivity index (χ1n) is 22.4. The van der Waals surface area contributed by atoms with Crippen LogP contribution in [0, 0.1) is 0 Å². The van der Waals surface area contributed by atoms with Gasteiger partial charge in [-0.2, -0.15) is 0 Å². The molecule has 1 amide bonds. The van der Waals surface area contributed by atoms with Gasteiger partial charge in [0.1, 0.15) is 13.2 Å². The van der Waals surface area contributed by atoms with E-state index in [1.165, 1.54) is 154 Å². The van der Waals surface area contributed by atoms with Crippen molar-refractivity contribution in [2.24, 2.45) is 0 Å². The van der Waals surface area contributed by atoms with Crippen LogP contribution in [0.2, 0.25) is 0 Å². The van der Waals surface area contributed by atoms with Gasteiger partial charge in [0, 0.05) is 6.42 Å². The van der Waals surface area contributed by atoms with Crippen LogP contribution in [0.15, 0.2) is 0 Å². The number of aliphatic hydroxyl groups excluding tert-OH is 1. The van der Waals surface area contributed by atoms with Crippen molar-refractivity contribution in [1.29, 1.82) is 0 Å². The number of rotatable bonds is 41. The molecule has 0 aliphatic carbocycles. The Kier molecular flexibility index (Phi) is 35.8. The molecule has 8 nitrogen and oxygen atoms in total. The van der Waals surface area contributed by atoms with Crippen LogP contribution < -0.4 is 10.2 Å². The maximum Gasteiger partial charge on any atom is 0.268 e. The highest BCUT2D eigenvalue weighted by atomic mass is 31.2. The van der Waals surface area contributed by atoms with E-state index in [4.69, 9.17) is 9.05 Å². The molecule has 0 aliphatic rings. The van der Waals surface area contributed by atoms with Gasteiger partial charge >= 0.3 is 0 Å². The lowest BCUT2D eigenvalue weighted by Gasteiger charge is -2.30. The monoisotopic (exact) mass is 761 g/mol. The van der Waals surface area contributed by atoms with Crippen molar-refractivity contribution in [3.8, 4) is 0 Å². The number of carbonyl (C=O) groups is 1. The predicted molar refractivity (Wildman–Crippen MR) is 219 cm³/mol. The highest BCUT2D eigenvalue weighted by Crippen LogP contribution is 2.38. The number of nitrogens with one attached hydrogen (secondary N) is 1. The van der Waals surface area contributed by atoms with E-state index < -0.39 is 20.0 Å². The van der Waals surface area contributed by atoms with Crippen LogP contribution in [0.1, 0.15) is 219 Å². The van der Waals surface area contributed by atoms with Crippen molar-refractivity contribution in [2.75, 3.05) is 40.9 Å². The molecule has 0 saturated carbocycles. The van der Waals surface area contributed by atoms with Gasteiger partial charge in [0.15, 0.2) is 0 Å². The van der Waals surface area contributed by atoms with Gasteiger partial charge < -0.3 is 28.8 Å². The standard InChI is InChI=1S/C43H89N2O6P/c1-6-8-10-12-14-16-18-20-22-23-24-26-28-30-32-34-36-42(46)41(40-51-52(48,49)50-39-38-45(3,4)5)44-43(47)37-35-33-31-29-27-25-21-19-17-15-13-11-9-7-2/h41-42,46H,6-40H2,1-5H3,(H-,44,47,48,49)/t41-,42+/m0/s1. The summed E-state index contributed by atoms with van der Waals surface area (Å²) in [5.41, 5.74) is 0. The Morgan fingerprint density at radius 1 is 0.596 bits per heavy atom. The fourth-order valence-electron chi connectivity index (χ4n) is 6.75. The van der Waals surface area contributed by atoms with Crippen molar-refractivity contribution in [3.63, 3.8) is 0 Å². The highest BCUT2D eigenvalue weighted by molar-refractivity contribution is 7.45. The van der Waals surface area contributed by atoms with E-state index in [9.17, 15) is 19.4 Å². The molecule has 0 aliphatic heterocycles. The predicted octanol–water partition coefficient (Wildman–Crippen LogP) is 11.6. The third-order valence-electron chi connectivity index (χ3n) is 10.3. The van der Waals surface area contributed by atoms with E-state index in [0.29, 0.717) is 23.9 Å². The first-order chi connectivity index (χ1) is 25.0. The van der Waals surface area contributed by atoms with Crippen molar-refractivity contribution >= 4 is 13.7 Å². The van der Waals surface area contributed by atoms with Gasteiger partial charge in [-0.3, -0.25) is 9.36 Å². The van der Waals surface area contributed by atoms with Crippen molar-refractivity contribution in [3.05, 3.63) is 0 Å². The number of aliphatic hydroxyl groups is 1. The average molecular weight is 761 g/mol. The number of carbonyl (C=O) groups excluding carboxylic acids is 1. The van der Waals surface area contributed by atoms with Crippen LogP contribution in [0.4, 0.5) is 0 Å². The molecule has 2 N–H and O–H groups in total. The lowest BCUT2D eigenvalue weighted by Crippen LogP contribution is -2.46. The number of hydrogen-bond donors (Lipinski definition) is 2. The Bertz CT molecular complexity index is 824. The normalized spacial score (nSPS) is 14.4. The van der Waals surface area contributed by atoms with Crippen LogP contribution in [-0.4, -0.2) is 68.5 Å². The SMILES string of the molecule is CCCCCCCCCCCCCCCCCC[C@@H](O)[C@H](COP(=O)([O-])OCC[N+](C)(C)C)NC(=O)CCCCCCCCCCCCCCCC. The molecule has 0 heterocycles. The molecule has 0 fully saturated rings. The smallest absolute Gasteiger partial charge is 0.268 e. The fraction of sp³-hybridized carbons (Fsp3) is 0.977. The van der Waals surface area contributed by atoms with Gasteiger partial charge in [-0.15, -0.1) is 0 Å². The maximum atomic E-state index is 12.8. The molecule has 0 spiro atoms. The minimum Gasteiger partial charge on any atom is -0.756 e. The third-order valence-corrected chi connectivity index (χ3v) is 11.3. The highest BCUT2D eigenvalue weighted by Gasteiger charge is 2.24. The number of unbranched alkanes of at least 4 members (excludes halogenated alkanes) is 28. The van der Waals surface area contributed by atoms with Crippen LogP contribution in [0.5, 0.6) is 0 Å². The Morgan fingerprint density at radius 2 is 0.942 bits per heavy atom. The topological polar surface area (TPSA) is 108 Å². The van der Waals surface area contributed by atoms with Crippen LogP contribution in [0.3, 0.4) is 0 Å². The lowest BCUT2D eigenvalue weighted by molar-refractivity contribution is -0.870. The largest absolute Gasteiger partial charge is 0.756 e. The number of hydrogen-bond acceptors (Lipinski definition) is 6. The van der Waals surface area contributed by atoms with E-state index in [0.717, 1.165) is 38.5 Å². The van der Waals surface area contributed by atoms with Crippen LogP contribution >= 0.6 is 7.82 Å². The van der Waals surface area contributed by atoms with Gasteiger partial charge in [0.05, 0.1) is 39.9 Å². The number of nitrogens with zero attached hydrogens (tertiary/aromatic N) is 1. The summed E-state index contributed by atoms with van der Waals surface area (Å²) in [7, 11) is 1.32. The van der Waals surface area contributed by atoms with Gasteiger partial charge in [-0.25, -0.2) is 0 Å². The Balaban J connectivity index is 4.34.